The van der Waals surface area contributed by atoms with E-state index in [1.807, 2.05) is 0 Å². The average molecular weight is 512 g/mol. The van der Waals surface area contributed by atoms with Crippen molar-refractivity contribution in [3.8, 4) is 0 Å². The lowest BCUT2D eigenvalue weighted by atomic mass is 9.68. The van der Waals surface area contributed by atoms with E-state index in [1.165, 1.54) is 87.7 Å². The SMILES string of the molecule is CCCCCC1CCC(C2CCC(c3ccccc3[P+](C)(c3ccccc3)c3ccccc3)CC2)CC1. The Bertz CT molecular complexity index is 1030. The summed E-state index contributed by atoms with van der Waals surface area (Å²) in [5, 5.41) is 4.61. The molecule has 0 unspecified atom stereocenters. The van der Waals surface area contributed by atoms with Crippen molar-refractivity contribution in [3.63, 3.8) is 0 Å². The van der Waals surface area contributed by atoms with Gasteiger partial charge in [-0.15, -0.1) is 0 Å². The van der Waals surface area contributed by atoms with Crippen LogP contribution in [-0.4, -0.2) is 6.66 Å². The van der Waals surface area contributed by atoms with Crippen LogP contribution in [0.25, 0.3) is 0 Å². The zero-order chi connectivity index (χ0) is 25.5. The summed E-state index contributed by atoms with van der Waals surface area (Å²) in [7, 11) is -1.69. The summed E-state index contributed by atoms with van der Waals surface area (Å²) >= 11 is 0. The molecule has 0 aromatic heterocycles. The molecule has 2 fully saturated rings. The molecular formula is C36H48P+. The van der Waals surface area contributed by atoms with Crippen molar-refractivity contribution >= 4 is 23.2 Å². The van der Waals surface area contributed by atoms with E-state index in [-0.39, 0.29) is 0 Å². The van der Waals surface area contributed by atoms with Crippen LogP contribution in [0.2, 0.25) is 0 Å². The van der Waals surface area contributed by atoms with Crippen molar-refractivity contribution in [2.45, 2.75) is 89.9 Å². The Morgan fingerprint density at radius 1 is 0.595 bits per heavy atom. The molecule has 0 saturated heterocycles. The summed E-state index contributed by atoms with van der Waals surface area (Å²) in [6.45, 7) is 4.89. The number of unbranched alkanes of at least 4 members (excludes halogenated alkanes) is 2. The first-order chi connectivity index (χ1) is 18.2. The minimum Gasteiger partial charge on any atom is -0.0654 e. The van der Waals surface area contributed by atoms with Crippen LogP contribution >= 0.6 is 7.26 Å². The lowest BCUT2D eigenvalue weighted by Gasteiger charge is -2.38. The fourth-order valence-corrected chi connectivity index (χ4v) is 11.2. The van der Waals surface area contributed by atoms with Crippen molar-refractivity contribution in [1.29, 1.82) is 0 Å². The molecule has 0 nitrogen and oxygen atoms in total. The molecule has 3 aromatic carbocycles. The van der Waals surface area contributed by atoms with E-state index >= 15 is 0 Å². The molecule has 2 saturated carbocycles. The first kappa shape index (κ1) is 26.7. The fourth-order valence-electron chi connectivity index (χ4n) is 7.65. The van der Waals surface area contributed by atoms with E-state index in [4.69, 9.17) is 0 Å². The Hall–Kier alpha value is -1.91. The Labute approximate surface area is 227 Å². The van der Waals surface area contributed by atoms with Crippen molar-refractivity contribution in [1.82, 2.24) is 0 Å². The van der Waals surface area contributed by atoms with Crippen LogP contribution in [0.5, 0.6) is 0 Å². The standard InChI is InChI=1S/C36H48P/c1-3-4-7-14-29-21-23-30(24-22-29)31-25-27-32(28-26-31)35-19-12-13-20-36(35)37(2,33-15-8-5-9-16-33)34-17-10-6-11-18-34/h5-6,8-13,15-20,29-32H,3-4,7,14,21-28H2,1-2H3/q+1. The number of hydrogen-bond donors (Lipinski definition) is 0. The van der Waals surface area contributed by atoms with Gasteiger partial charge in [0.05, 0.1) is 6.66 Å². The summed E-state index contributed by atoms with van der Waals surface area (Å²) < 4.78 is 0. The minimum absolute atomic E-state index is 0.713. The van der Waals surface area contributed by atoms with E-state index in [9.17, 15) is 0 Å². The van der Waals surface area contributed by atoms with Gasteiger partial charge in [-0.2, -0.15) is 0 Å². The Morgan fingerprint density at radius 3 is 1.68 bits per heavy atom. The molecular weight excluding hydrogens is 463 g/mol. The summed E-state index contributed by atoms with van der Waals surface area (Å²) in [5.41, 5.74) is 1.64. The first-order valence-corrected chi connectivity index (χ1v) is 17.5. The van der Waals surface area contributed by atoms with E-state index in [1.54, 1.807) is 10.9 Å². The zero-order valence-electron chi connectivity index (χ0n) is 23.3. The fraction of sp³-hybridized carbons (Fsp3) is 0.500. The quantitative estimate of drug-likeness (QED) is 0.198. The van der Waals surface area contributed by atoms with Crippen LogP contribution in [0.4, 0.5) is 0 Å². The highest BCUT2D eigenvalue weighted by atomic mass is 31.2. The Morgan fingerprint density at radius 2 is 1.11 bits per heavy atom. The van der Waals surface area contributed by atoms with Crippen LogP contribution in [0.15, 0.2) is 84.9 Å². The monoisotopic (exact) mass is 511 g/mol. The normalized spacial score (nSPS) is 24.6. The molecule has 2 aliphatic rings. The Kier molecular flexibility index (Phi) is 9.20. The second-order valence-electron chi connectivity index (χ2n) is 12.1. The molecule has 0 aliphatic heterocycles. The predicted octanol–water partition coefficient (Wildman–Crippen LogP) is 9.27. The molecule has 5 rings (SSSR count). The number of benzene rings is 3. The first-order valence-electron chi connectivity index (χ1n) is 15.3. The second-order valence-corrected chi connectivity index (χ2v) is 15.7. The van der Waals surface area contributed by atoms with Crippen molar-refractivity contribution < 1.29 is 0 Å². The maximum atomic E-state index is 2.56. The maximum Gasteiger partial charge on any atom is 0.109 e. The van der Waals surface area contributed by atoms with E-state index in [2.05, 4.69) is 98.5 Å². The van der Waals surface area contributed by atoms with E-state index < -0.39 is 7.26 Å². The van der Waals surface area contributed by atoms with Crippen LogP contribution in [0.3, 0.4) is 0 Å². The van der Waals surface area contributed by atoms with Gasteiger partial charge in [0.25, 0.3) is 0 Å². The van der Waals surface area contributed by atoms with Crippen molar-refractivity contribution in [2.24, 2.45) is 17.8 Å². The van der Waals surface area contributed by atoms with Crippen molar-refractivity contribution in [2.75, 3.05) is 6.66 Å². The third-order valence-corrected chi connectivity index (χ3v) is 14.0. The van der Waals surface area contributed by atoms with Gasteiger partial charge in [0, 0.05) is 0 Å². The van der Waals surface area contributed by atoms with Gasteiger partial charge < -0.3 is 0 Å². The van der Waals surface area contributed by atoms with Crippen LogP contribution in [0.1, 0.15) is 95.5 Å². The van der Waals surface area contributed by atoms with Crippen LogP contribution in [0, 0.1) is 17.8 Å². The third-order valence-electron chi connectivity index (χ3n) is 9.95. The van der Waals surface area contributed by atoms with Gasteiger partial charge in [-0.3, -0.25) is 0 Å². The molecule has 0 heterocycles. The maximum absolute atomic E-state index is 2.56. The molecule has 3 aromatic rings. The second kappa shape index (κ2) is 12.8. The Balaban J connectivity index is 1.31. The molecule has 0 spiro atoms. The molecule has 2 aliphatic carbocycles. The molecule has 0 bridgehead atoms. The molecule has 0 N–H and O–H groups in total. The van der Waals surface area contributed by atoms with Gasteiger partial charge in [-0.1, -0.05) is 100 Å². The van der Waals surface area contributed by atoms with Gasteiger partial charge in [-0.25, -0.2) is 0 Å². The van der Waals surface area contributed by atoms with Crippen LogP contribution in [-0.2, 0) is 0 Å². The van der Waals surface area contributed by atoms with Crippen LogP contribution < -0.4 is 15.9 Å². The highest BCUT2D eigenvalue weighted by Gasteiger charge is 2.43. The summed E-state index contributed by atoms with van der Waals surface area (Å²) in [5.74, 6) is 3.72. The van der Waals surface area contributed by atoms with Gasteiger partial charge in [0.2, 0.25) is 0 Å². The van der Waals surface area contributed by atoms with E-state index in [0.29, 0.717) is 5.92 Å². The van der Waals surface area contributed by atoms with E-state index in [0.717, 1.165) is 17.8 Å². The van der Waals surface area contributed by atoms with Crippen molar-refractivity contribution in [3.05, 3.63) is 90.5 Å². The topological polar surface area (TPSA) is 0 Å². The highest BCUT2D eigenvalue weighted by molar-refractivity contribution is 7.95. The minimum atomic E-state index is -1.69. The molecule has 196 valence electrons. The number of hydrogen-bond acceptors (Lipinski definition) is 0. The summed E-state index contributed by atoms with van der Waals surface area (Å²) in [6.07, 6.45) is 17.4. The zero-order valence-corrected chi connectivity index (χ0v) is 24.2. The molecule has 0 atom stereocenters. The number of rotatable bonds is 9. The lowest BCUT2D eigenvalue weighted by Crippen LogP contribution is -2.34. The van der Waals surface area contributed by atoms with Gasteiger partial charge in [-0.05, 0) is 98.1 Å². The third kappa shape index (κ3) is 6.06. The lowest BCUT2D eigenvalue weighted by molar-refractivity contribution is 0.156. The molecule has 0 amide bonds. The molecule has 0 radical (unpaired) electrons. The predicted molar refractivity (Wildman–Crippen MR) is 165 cm³/mol. The smallest absolute Gasteiger partial charge is 0.0654 e. The average Bonchev–Trinajstić information content (AvgIpc) is 2.98. The molecule has 1 heteroatoms. The largest absolute Gasteiger partial charge is 0.109 e. The van der Waals surface area contributed by atoms with Gasteiger partial charge in [0.1, 0.15) is 23.2 Å². The highest BCUT2D eigenvalue weighted by Crippen LogP contribution is 2.54. The van der Waals surface area contributed by atoms with Gasteiger partial charge >= 0.3 is 0 Å². The summed E-state index contributed by atoms with van der Waals surface area (Å²) in [4.78, 5) is 0. The van der Waals surface area contributed by atoms with Gasteiger partial charge in [0.15, 0.2) is 0 Å². The molecule has 37 heavy (non-hydrogen) atoms. The summed E-state index contributed by atoms with van der Waals surface area (Å²) in [6, 6.07) is 32.2.